The number of methoxy groups -OCH3 is 1. The molecule has 1 aromatic rings. The number of benzene rings is 1. The van der Waals surface area contributed by atoms with Crippen molar-refractivity contribution in [1.82, 2.24) is 15.5 Å². The van der Waals surface area contributed by atoms with Gasteiger partial charge in [0.05, 0.1) is 19.1 Å². The highest BCUT2D eigenvalue weighted by Gasteiger charge is 2.28. The van der Waals surface area contributed by atoms with Gasteiger partial charge in [0.2, 0.25) is 5.91 Å². The molecule has 3 unspecified atom stereocenters. The minimum atomic E-state index is 0. The normalized spacial score (nSPS) is 21.7. The van der Waals surface area contributed by atoms with Crippen molar-refractivity contribution in [2.45, 2.75) is 31.8 Å². The molecule has 0 aliphatic carbocycles. The van der Waals surface area contributed by atoms with Gasteiger partial charge in [0.15, 0.2) is 0 Å². The maximum Gasteiger partial charge on any atom is 0.224 e. The van der Waals surface area contributed by atoms with Crippen molar-refractivity contribution in [3.8, 4) is 5.75 Å². The minimum Gasteiger partial charge on any atom is -0.497 e. The first-order valence-electron chi connectivity index (χ1n) is 8.34. The molecule has 1 fully saturated rings. The van der Waals surface area contributed by atoms with Crippen LogP contribution in [0, 0.1) is 5.92 Å². The third-order valence-corrected chi connectivity index (χ3v) is 4.67. The molecule has 1 aromatic carbocycles. The van der Waals surface area contributed by atoms with Crippen LogP contribution in [0.25, 0.3) is 0 Å². The molecule has 1 aliphatic rings. The van der Waals surface area contributed by atoms with Gasteiger partial charge in [0.25, 0.3) is 0 Å². The van der Waals surface area contributed by atoms with Crippen LogP contribution in [-0.2, 0) is 4.79 Å². The Labute approximate surface area is 151 Å². The van der Waals surface area contributed by atoms with E-state index >= 15 is 0 Å². The van der Waals surface area contributed by atoms with Gasteiger partial charge in [0.1, 0.15) is 5.75 Å². The molecule has 0 radical (unpaired) electrons. The van der Waals surface area contributed by atoms with Gasteiger partial charge >= 0.3 is 0 Å². The van der Waals surface area contributed by atoms with Crippen LogP contribution in [0.15, 0.2) is 24.3 Å². The van der Waals surface area contributed by atoms with E-state index in [-0.39, 0.29) is 36.3 Å². The van der Waals surface area contributed by atoms with Gasteiger partial charge in [-0.3, -0.25) is 4.79 Å². The van der Waals surface area contributed by atoms with Gasteiger partial charge in [-0.15, -0.1) is 12.4 Å². The lowest BCUT2D eigenvalue weighted by atomic mass is 9.91. The number of ether oxygens (including phenoxy) is 1. The highest BCUT2D eigenvalue weighted by atomic mass is 35.5. The second kappa shape index (κ2) is 9.87. The van der Waals surface area contributed by atoms with E-state index in [0.717, 1.165) is 30.7 Å². The molecule has 136 valence electrons. The van der Waals surface area contributed by atoms with Crippen molar-refractivity contribution >= 4 is 18.3 Å². The number of hydrogen-bond acceptors (Lipinski definition) is 4. The van der Waals surface area contributed by atoms with Crippen LogP contribution < -0.4 is 15.4 Å². The number of halogens is 1. The quantitative estimate of drug-likeness (QED) is 0.821. The number of carbonyl (C=O) groups excluding carboxylic acids is 1. The zero-order valence-electron chi connectivity index (χ0n) is 15.0. The van der Waals surface area contributed by atoms with Crippen LogP contribution in [0.3, 0.4) is 0 Å². The second-order valence-corrected chi connectivity index (χ2v) is 6.49. The van der Waals surface area contributed by atoms with Crippen LogP contribution in [0.2, 0.25) is 0 Å². The molecule has 1 aliphatic heterocycles. The summed E-state index contributed by atoms with van der Waals surface area (Å²) in [4.78, 5) is 14.6. The summed E-state index contributed by atoms with van der Waals surface area (Å²) in [5.74, 6) is 1.06. The predicted octanol–water partition coefficient (Wildman–Crippen LogP) is 2.22. The molecular weight excluding hydrogens is 326 g/mol. The summed E-state index contributed by atoms with van der Waals surface area (Å²) in [5.41, 5.74) is 1.14. The molecule has 24 heavy (non-hydrogen) atoms. The van der Waals surface area contributed by atoms with E-state index < -0.39 is 0 Å². The van der Waals surface area contributed by atoms with E-state index in [2.05, 4.69) is 28.5 Å². The Bertz CT molecular complexity index is 525. The fourth-order valence-electron chi connectivity index (χ4n) is 3.18. The van der Waals surface area contributed by atoms with Gasteiger partial charge in [-0.05, 0) is 58.1 Å². The molecule has 0 saturated carbocycles. The lowest BCUT2D eigenvalue weighted by molar-refractivity contribution is -0.126. The molecule has 0 bridgehead atoms. The third-order valence-electron chi connectivity index (χ3n) is 4.67. The highest BCUT2D eigenvalue weighted by molar-refractivity contribution is 5.85. The highest BCUT2D eigenvalue weighted by Crippen LogP contribution is 2.23. The summed E-state index contributed by atoms with van der Waals surface area (Å²) in [6.45, 7) is 3.70. The van der Waals surface area contributed by atoms with Crippen LogP contribution in [0.4, 0.5) is 0 Å². The average Bonchev–Trinajstić information content (AvgIpc) is 2.55. The zero-order chi connectivity index (χ0) is 16.8. The summed E-state index contributed by atoms with van der Waals surface area (Å²) in [6.07, 6.45) is 2.03. The molecule has 6 heteroatoms. The smallest absolute Gasteiger partial charge is 0.224 e. The summed E-state index contributed by atoms with van der Waals surface area (Å²) in [7, 11) is 5.73. The van der Waals surface area contributed by atoms with E-state index in [0.29, 0.717) is 6.54 Å². The van der Waals surface area contributed by atoms with E-state index in [1.807, 2.05) is 32.3 Å². The van der Waals surface area contributed by atoms with Gasteiger partial charge in [-0.2, -0.15) is 0 Å². The fraction of sp³-hybridized carbons (Fsp3) is 0.611. The van der Waals surface area contributed by atoms with Crippen molar-refractivity contribution in [2.75, 3.05) is 34.3 Å². The van der Waals surface area contributed by atoms with Crippen LogP contribution in [-0.4, -0.2) is 51.1 Å². The predicted molar refractivity (Wildman–Crippen MR) is 99.9 cm³/mol. The number of amides is 1. The number of carbonyl (C=O) groups is 1. The summed E-state index contributed by atoms with van der Waals surface area (Å²) < 4.78 is 5.31. The molecule has 5 nitrogen and oxygen atoms in total. The van der Waals surface area contributed by atoms with E-state index in [4.69, 9.17) is 4.74 Å². The fourth-order valence-corrected chi connectivity index (χ4v) is 3.18. The van der Waals surface area contributed by atoms with E-state index in [1.54, 1.807) is 7.11 Å². The average molecular weight is 356 g/mol. The molecule has 1 saturated heterocycles. The Morgan fingerprint density at radius 1 is 1.46 bits per heavy atom. The van der Waals surface area contributed by atoms with Gasteiger partial charge in [0, 0.05) is 12.6 Å². The second-order valence-electron chi connectivity index (χ2n) is 6.49. The van der Waals surface area contributed by atoms with E-state index in [9.17, 15) is 4.79 Å². The summed E-state index contributed by atoms with van der Waals surface area (Å²) >= 11 is 0. The molecule has 0 spiro atoms. The monoisotopic (exact) mass is 355 g/mol. The Hall–Kier alpha value is -1.30. The third kappa shape index (κ3) is 5.36. The first-order valence-corrected chi connectivity index (χ1v) is 8.34. The lowest BCUT2D eigenvalue weighted by Gasteiger charge is -2.31. The molecule has 0 aromatic heterocycles. The molecule has 3 atom stereocenters. The van der Waals surface area contributed by atoms with E-state index in [1.165, 1.54) is 0 Å². The summed E-state index contributed by atoms with van der Waals surface area (Å²) in [6, 6.07) is 8.40. The van der Waals surface area contributed by atoms with Gasteiger partial charge in [-0.25, -0.2) is 0 Å². The first-order chi connectivity index (χ1) is 11.0. The van der Waals surface area contributed by atoms with Gasteiger partial charge in [-0.1, -0.05) is 12.1 Å². The molecule has 2 rings (SSSR count). The van der Waals surface area contributed by atoms with Crippen molar-refractivity contribution in [2.24, 2.45) is 5.92 Å². The topological polar surface area (TPSA) is 53.6 Å². The lowest BCUT2D eigenvalue weighted by Crippen LogP contribution is -2.48. The zero-order valence-corrected chi connectivity index (χ0v) is 15.9. The Balaban J connectivity index is 0.00000288. The Morgan fingerprint density at radius 3 is 2.83 bits per heavy atom. The largest absolute Gasteiger partial charge is 0.497 e. The number of likely N-dealkylation sites (N-methyl/N-ethyl adjacent to an activating group) is 1. The minimum absolute atomic E-state index is 0. The number of rotatable bonds is 6. The van der Waals surface area contributed by atoms with Crippen molar-refractivity contribution in [3.05, 3.63) is 29.8 Å². The maximum atomic E-state index is 12.5. The van der Waals surface area contributed by atoms with Crippen LogP contribution in [0.5, 0.6) is 5.75 Å². The molecule has 1 heterocycles. The number of nitrogens with one attached hydrogen (secondary N) is 2. The Kier molecular flexibility index (Phi) is 8.53. The number of hydrogen-bond donors (Lipinski definition) is 2. The maximum absolute atomic E-state index is 12.5. The van der Waals surface area contributed by atoms with Crippen LogP contribution in [0.1, 0.15) is 31.4 Å². The molecule has 1 amide bonds. The number of nitrogens with zero attached hydrogens (tertiary/aromatic N) is 1. The SMILES string of the molecule is COc1cccc(C(CNC(=O)C2CCCNC2C)N(C)C)c1.Cl. The number of piperidine rings is 1. The van der Waals surface area contributed by atoms with Crippen molar-refractivity contribution < 1.29 is 9.53 Å². The van der Waals surface area contributed by atoms with Crippen molar-refractivity contribution in [1.29, 1.82) is 0 Å². The Morgan fingerprint density at radius 2 is 2.21 bits per heavy atom. The molecule has 2 N–H and O–H groups in total. The van der Waals surface area contributed by atoms with Crippen LogP contribution >= 0.6 is 12.4 Å². The standard InChI is InChI=1S/C18H29N3O2.ClH/c1-13-16(9-6-10-19-13)18(22)20-12-17(21(2)3)14-7-5-8-15(11-14)23-4;/h5,7-8,11,13,16-17,19H,6,9-10,12H2,1-4H3,(H,20,22);1H. The van der Waals surface area contributed by atoms with Gasteiger partial charge < -0.3 is 20.3 Å². The van der Waals surface area contributed by atoms with Crippen molar-refractivity contribution in [3.63, 3.8) is 0 Å². The molecular formula is C18H30ClN3O2. The summed E-state index contributed by atoms with van der Waals surface area (Å²) in [5, 5.41) is 6.52. The first kappa shape index (κ1) is 20.7.